The predicted octanol–water partition coefficient (Wildman–Crippen LogP) is 3.46. The zero-order valence-electron chi connectivity index (χ0n) is 12.2. The van der Waals surface area contributed by atoms with Crippen LogP contribution in [0.4, 0.5) is 0 Å². The van der Waals surface area contributed by atoms with Crippen LogP contribution in [0.3, 0.4) is 0 Å². The van der Waals surface area contributed by atoms with Crippen molar-refractivity contribution >= 4 is 11.3 Å². The van der Waals surface area contributed by atoms with E-state index in [-0.39, 0.29) is 11.5 Å². The van der Waals surface area contributed by atoms with E-state index in [1.54, 1.807) is 4.88 Å². The number of thiophene rings is 1. The molecule has 2 aliphatic rings. The molecule has 1 saturated carbocycles. The fraction of sp³-hybridized carbons (Fsp3) is 0.750. The van der Waals surface area contributed by atoms with Gasteiger partial charge in [0.2, 0.25) is 0 Å². The second-order valence-electron chi connectivity index (χ2n) is 6.95. The minimum atomic E-state index is -0.136. The Morgan fingerprint density at radius 3 is 2.95 bits per heavy atom. The van der Waals surface area contributed by atoms with Crippen molar-refractivity contribution in [1.82, 2.24) is 4.90 Å². The first kappa shape index (κ1) is 13.6. The van der Waals surface area contributed by atoms with Crippen molar-refractivity contribution < 1.29 is 5.11 Å². The highest BCUT2D eigenvalue weighted by Crippen LogP contribution is 2.43. The van der Waals surface area contributed by atoms with Crippen molar-refractivity contribution in [1.29, 1.82) is 0 Å². The number of hydrogen-bond donors (Lipinski definition) is 1. The summed E-state index contributed by atoms with van der Waals surface area (Å²) in [5.74, 6) is 0.456. The number of aliphatic hydroxyl groups excluding tert-OH is 1. The summed E-state index contributed by atoms with van der Waals surface area (Å²) in [7, 11) is 0. The van der Waals surface area contributed by atoms with Gasteiger partial charge in [0.25, 0.3) is 0 Å². The van der Waals surface area contributed by atoms with Crippen LogP contribution in [0.15, 0.2) is 11.4 Å². The van der Waals surface area contributed by atoms with Crippen LogP contribution in [0.25, 0.3) is 0 Å². The van der Waals surface area contributed by atoms with Crippen molar-refractivity contribution in [2.45, 2.75) is 52.2 Å². The molecule has 1 aliphatic heterocycles. The van der Waals surface area contributed by atoms with Gasteiger partial charge in [0.1, 0.15) is 0 Å². The molecule has 0 radical (unpaired) electrons. The summed E-state index contributed by atoms with van der Waals surface area (Å²) in [4.78, 5) is 4.14. The Balaban J connectivity index is 1.69. The van der Waals surface area contributed by atoms with E-state index in [9.17, 15) is 5.11 Å². The van der Waals surface area contributed by atoms with Gasteiger partial charge in [-0.25, -0.2) is 0 Å². The van der Waals surface area contributed by atoms with E-state index in [1.165, 1.54) is 18.4 Å². The monoisotopic (exact) mass is 279 g/mol. The first-order chi connectivity index (χ1) is 8.99. The minimum Gasteiger partial charge on any atom is -0.392 e. The summed E-state index contributed by atoms with van der Waals surface area (Å²) in [5, 5.41) is 12.7. The van der Waals surface area contributed by atoms with Gasteiger partial charge in [-0.1, -0.05) is 13.8 Å². The zero-order chi connectivity index (χ0) is 13.6. The van der Waals surface area contributed by atoms with Crippen molar-refractivity contribution in [2.75, 3.05) is 13.1 Å². The second kappa shape index (κ2) is 4.87. The lowest BCUT2D eigenvalue weighted by atomic mass is 9.87. The molecule has 3 rings (SSSR count). The van der Waals surface area contributed by atoms with E-state index >= 15 is 0 Å². The van der Waals surface area contributed by atoms with Crippen molar-refractivity contribution in [3.05, 3.63) is 21.9 Å². The van der Waals surface area contributed by atoms with Crippen molar-refractivity contribution in [3.63, 3.8) is 0 Å². The van der Waals surface area contributed by atoms with E-state index in [0.29, 0.717) is 12.0 Å². The van der Waals surface area contributed by atoms with Crippen LogP contribution in [0.2, 0.25) is 0 Å². The predicted molar refractivity (Wildman–Crippen MR) is 80.5 cm³/mol. The molecule has 3 unspecified atom stereocenters. The standard InChI is InChI=1S/C16H25NOS/c1-11-13-6-9-19-14(13)5-8-17(11)10-12-4-7-16(2,3)15(12)18/h6,9,11-12,15,18H,4-5,7-8,10H2,1-3H3. The van der Waals surface area contributed by atoms with E-state index in [2.05, 4.69) is 37.1 Å². The molecule has 1 fully saturated rings. The van der Waals surface area contributed by atoms with Gasteiger partial charge in [0.05, 0.1) is 6.10 Å². The maximum absolute atomic E-state index is 10.5. The highest BCUT2D eigenvalue weighted by Gasteiger charge is 2.42. The third kappa shape index (κ3) is 2.37. The number of hydrogen-bond acceptors (Lipinski definition) is 3. The summed E-state index contributed by atoms with van der Waals surface area (Å²) in [5.41, 5.74) is 1.63. The molecule has 2 heterocycles. The van der Waals surface area contributed by atoms with E-state index < -0.39 is 0 Å². The third-order valence-corrected chi connectivity index (χ3v) is 6.28. The Morgan fingerprint density at radius 2 is 2.26 bits per heavy atom. The summed E-state index contributed by atoms with van der Waals surface area (Å²) >= 11 is 1.90. The van der Waals surface area contributed by atoms with Crippen LogP contribution in [-0.4, -0.2) is 29.2 Å². The van der Waals surface area contributed by atoms with Gasteiger partial charge in [-0.05, 0) is 54.5 Å². The Labute approximate surface area is 120 Å². The number of fused-ring (bicyclic) bond motifs is 1. The second-order valence-corrected chi connectivity index (χ2v) is 7.95. The molecule has 0 spiro atoms. The van der Waals surface area contributed by atoms with E-state index in [1.807, 2.05) is 11.3 Å². The molecule has 0 aromatic carbocycles. The molecule has 0 bridgehead atoms. The lowest BCUT2D eigenvalue weighted by Crippen LogP contribution is -2.40. The van der Waals surface area contributed by atoms with Crippen LogP contribution in [-0.2, 0) is 6.42 Å². The smallest absolute Gasteiger partial charge is 0.0631 e. The van der Waals surface area contributed by atoms with Crippen LogP contribution in [0, 0.1) is 11.3 Å². The van der Waals surface area contributed by atoms with E-state index in [0.717, 1.165) is 19.5 Å². The molecule has 2 nitrogen and oxygen atoms in total. The Morgan fingerprint density at radius 1 is 1.47 bits per heavy atom. The summed E-state index contributed by atoms with van der Waals surface area (Å²) in [6, 6.07) is 2.80. The molecule has 1 aromatic rings. The largest absolute Gasteiger partial charge is 0.392 e. The fourth-order valence-corrected chi connectivity index (χ4v) is 4.77. The third-order valence-electron chi connectivity index (χ3n) is 5.28. The number of rotatable bonds is 2. The first-order valence-electron chi connectivity index (χ1n) is 7.47. The van der Waals surface area contributed by atoms with Crippen molar-refractivity contribution in [2.24, 2.45) is 11.3 Å². The molecule has 1 N–H and O–H groups in total. The van der Waals surface area contributed by atoms with Gasteiger partial charge in [-0.15, -0.1) is 11.3 Å². The van der Waals surface area contributed by atoms with Gasteiger partial charge in [-0.3, -0.25) is 4.90 Å². The Hall–Kier alpha value is -0.380. The van der Waals surface area contributed by atoms with Gasteiger partial charge in [0, 0.05) is 24.0 Å². The average molecular weight is 279 g/mol. The summed E-state index contributed by atoms with van der Waals surface area (Å²) < 4.78 is 0. The van der Waals surface area contributed by atoms with Crippen LogP contribution < -0.4 is 0 Å². The SMILES string of the molecule is CC1c2ccsc2CCN1CC1CCC(C)(C)C1O. The van der Waals surface area contributed by atoms with Crippen LogP contribution in [0.1, 0.15) is 50.1 Å². The molecule has 0 amide bonds. The van der Waals surface area contributed by atoms with Crippen molar-refractivity contribution in [3.8, 4) is 0 Å². The number of aliphatic hydroxyl groups is 1. The zero-order valence-corrected chi connectivity index (χ0v) is 13.0. The molecular weight excluding hydrogens is 254 g/mol. The van der Waals surface area contributed by atoms with Gasteiger partial charge in [0.15, 0.2) is 0 Å². The lowest BCUT2D eigenvalue weighted by Gasteiger charge is -2.37. The molecule has 19 heavy (non-hydrogen) atoms. The lowest BCUT2D eigenvalue weighted by molar-refractivity contribution is 0.0262. The number of nitrogens with zero attached hydrogens (tertiary/aromatic N) is 1. The molecule has 3 atom stereocenters. The van der Waals surface area contributed by atoms with Crippen LogP contribution >= 0.6 is 11.3 Å². The maximum atomic E-state index is 10.5. The normalized spacial score (nSPS) is 34.4. The highest BCUT2D eigenvalue weighted by molar-refractivity contribution is 7.10. The topological polar surface area (TPSA) is 23.5 Å². The quantitative estimate of drug-likeness (QED) is 0.896. The Kier molecular flexibility index (Phi) is 3.48. The Bertz CT molecular complexity index is 453. The van der Waals surface area contributed by atoms with Gasteiger partial charge < -0.3 is 5.11 Å². The van der Waals surface area contributed by atoms with Gasteiger partial charge in [-0.2, -0.15) is 0 Å². The van der Waals surface area contributed by atoms with E-state index in [4.69, 9.17) is 0 Å². The minimum absolute atomic E-state index is 0.108. The first-order valence-corrected chi connectivity index (χ1v) is 8.35. The molecule has 1 aromatic heterocycles. The molecular formula is C16H25NOS. The summed E-state index contributed by atoms with van der Waals surface area (Å²) in [6.07, 6.45) is 3.38. The molecule has 106 valence electrons. The highest BCUT2D eigenvalue weighted by atomic mass is 32.1. The maximum Gasteiger partial charge on any atom is 0.0631 e. The molecule has 0 saturated heterocycles. The fourth-order valence-electron chi connectivity index (χ4n) is 3.80. The summed E-state index contributed by atoms with van der Waals surface area (Å²) in [6.45, 7) is 8.93. The average Bonchev–Trinajstić information content (AvgIpc) is 2.93. The molecule has 1 aliphatic carbocycles. The van der Waals surface area contributed by atoms with Crippen LogP contribution in [0.5, 0.6) is 0 Å². The molecule has 3 heteroatoms. The van der Waals surface area contributed by atoms with Gasteiger partial charge >= 0.3 is 0 Å².